The van der Waals surface area contributed by atoms with Crippen LogP contribution >= 0.6 is 0 Å². The molecule has 102 valence electrons. The lowest BCUT2D eigenvalue weighted by molar-refractivity contribution is 0.0175. The summed E-state index contributed by atoms with van der Waals surface area (Å²) in [6.45, 7) is 14.5. The molecule has 0 bridgehead atoms. The van der Waals surface area contributed by atoms with Gasteiger partial charge in [0.15, 0.2) is 0 Å². The number of hydrogen-bond donors (Lipinski definition) is 0. The zero-order valence-electron chi connectivity index (χ0n) is 13.1. The summed E-state index contributed by atoms with van der Waals surface area (Å²) in [5, 5.41) is 0. The second kappa shape index (κ2) is 6.25. The van der Waals surface area contributed by atoms with E-state index in [1.165, 1.54) is 38.5 Å². The lowest BCUT2D eigenvalue weighted by atomic mass is 9.56. The molecule has 1 rings (SSSR count). The summed E-state index contributed by atoms with van der Waals surface area (Å²) in [5.41, 5.74) is 0.661. The van der Waals surface area contributed by atoms with Gasteiger partial charge in [-0.1, -0.05) is 54.4 Å². The third-order valence-electron chi connectivity index (χ3n) is 4.75. The van der Waals surface area contributed by atoms with Crippen LogP contribution in [-0.2, 0) is 0 Å². The van der Waals surface area contributed by atoms with Crippen LogP contribution in [0.2, 0.25) is 0 Å². The molecule has 17 heavy (non-hydrogen) atoms. The Hall–Kier alpha value is 0. The summed E-state index contributed by atoms with van der Waals surface area (Å²) in [6, 6.07) is 0. The van der Waals surface area contributed by atoms with E-state index in [9.17, 15) is 0 Å². The number of rotatable bonds is 5. The highest BCUT2D eigenvalue weighted by Crippen LogP contribution is 2.52. The van der Waals surface area contributed by atoms with Gasteiger partial charge in [0.25, 0.3) is 0 Å². The van der Waals surface area contributed by atoms with E-state index in [0.29, 0.717) is 5.41 Å². The Bertz CT molecular complexity index is 199. The van der Waals surface area contributed by atoms with E-state index in [1.54, 1.807) is 0 Å². The van der Waals surface area contributed by atoms with E-state index < -0.39 is 0 Å². The van der Waals surface area contributed by atoms with Gasteiger partial charge in [-0.15, -0.1) is 0 Å². The fraction of sp³-hybridized carbons (Fsp3) is 1.00. The van der Waals surface area contributed by atoms with Crippen molar-refractivity contribution in [3.8, 4) is 0 Å². The molecule has 0 N–H and O–H groups in total. The summed E-state index contributed by atoms with van der Waals surface area (Å²) < 4.78 is 0. The smallest absolute Gasteiger partial charge is 0.0262 e. The van der Waals surface area contributed by atoms with Crippen LogP contribution in [0.1, 0.15) is 80.1 Å². The first-order valence-corrected chi connectivity index (χ1v) is 7.89. The maximum atomic E-state index is 2.47. The van der Waals surface area contributed by atoms with Gasteiger partial charge >= 0.3 is 0 Å². The minimum atomic E-state index is 0.661. The molecule has 0 aromatic carbocycles. The van der Waals surface area contributed by atoms with Crippen molar-refractivity contribution >= 4 is 0 Å². The average molecular weight is 238 g/mol. The molecule has 0 nitrogen and oxygen atoms in total. The maximum absolute atomic E-state index is 2.47. The van der Waals surface area contributed by atoms with E-state index in [2.05, 4.69) is 41.5 Å². The zero-order valence-corrected chi connectivity index (χ0v) is 13.1. The van der Waals surface area contributed by atoms with Gasteiger partial charge in [-0.2, -0.15) is 0 Å². The van der Waals surface area contributed by atoms with Crippen molar-refractivity contribution in [2.45, 2.75) is 80.1 Å². The molecule has 0 heteroatoms. The predicted octanol–water partition coefficient (Wildman–Crippen LogP) is 5.91. The quantitative estimate of drug-likeness (QED) is 0.558. The van der Waals surface area contributed by atoms with Gasteiger partial charge < -0.3 is 0 Å². The molecule has 1 aliphatic carbocycles. The van der Waals surface area contributed by atoms with E-state index in [0.717, 1.165) is 23.7 Å². The molecule has 0 spiro atoms. The molecular formula is C17H34. The molecule has 0 saturated heterocycles. The van der Waals surface area contributed by atoms with E-state index in [-0.39, 0.29) is 0 Å². The van der Waals surface area contributed by atoms with Crippen LogP contribution in [-0.4, -0.2) is 0 Å². The van der Waals surface area contributed by atoms with Gasteiger partial charge in [0.1, 0.15) is 0 Å². The summed E-state index contributed by atoms with van der Waals surface area (Å²) in [6.07, 6.45) is 8.74. The van der Waals surface area contributed by atoms with E-state index in [4.69, 9.17) is 0 Å². The molecule has 2 unspecified atom stereocenters. The molecule has 2 atom stereocenters. The van der Waals surface area contributed by atoms with Gasteiger partial charge in [-0.05, 0) is 54.8 Å². The molecule has 0 radical (unpaired) electrons. The van der Waals surface area contributed by atoms with Crippen LogP contribution in [0.3, 0.4) is 0 Å². The van der Waals surface area contributed by atoms with Crippen molar-refractivity contribution in [2.24, 2.45) is 29.1 Å². The minimum absolute atomic E-state index is 0.661. The minimum Gasteiger partial charge on any atom is -0.0651 e. The second-order valence-electron chi connectivity index (χ2n) is 7.55. The SMILES string of the molecule is CCC1CCC(C)CC1(CC(C)C)CC(C)C. The zero-order chi connectivity index (χ0) is 13.1. The summed E-state index contributed by atoms with van der Waals surface area (Å²) in [5.74, 6) is 3.65. The number of hydrogen-bond acceptors (Lipinski definition) is 0. The lowest BCUT2D eigenvalue weighted by Crippen LogP contribution is -2.38. The van der Waals surface area contributed by atoms with Crippen molar-refractivity contribution in [3.63, 3.8) is 0 Å². The van der Waals surface area contributed by atoms with E-state index in [1.807, 2.05) is 0 Å². The molecule has 1 aliphatic rings. The molecular weight excluding hydrogens is 204 g/mol. The normalized spacial score (nSPS) is 28.9. The van der Waals surface area contributed by atoms with Gasteiger partial charge in [0, 0.05) is 0 Å². The topological polar surface area (TPSA) is 0 Å². The Balaban J connectivity index is 2.88. The summed E-state index contributed by atoms with van der Waals surface area (Å²) in [7, 11) is 0. The fourth-order valence-electron chi connectivity index (χ4n) is 4.60. The Kier molecular flexibility index (Phi) is 5.54. The third kappa shape index (κ3) is 4.00. The molecule has 1 saturated carbocycles. The van der Waals surface area contributed by atoms with Gasteiger partial charge in [-0.25, -0.2) is 0 Å². The van der Waals surface area contributed by atoms with Crippen molar-refractivity contribution in [1.82, 2.24) is 0 Å². The lowest BCUT2D eigenvalue weighted by Gasteiger charge is -2.49. The fourth-order valence-corrected chi connectivity index (χ4v) is 4.60. The summed E-state index contributed by atoms with van der Waals surface area (Å²) in [4.78, 5) is 0. The largest absolute Gasteiger partial charge is 0.0651 e. The van der Waals surface area contributed by atoms with E-state index >= 15 is 0 Å². The van der Waals surface area contributed by atoms with Crippen LogP contribution in [0.5, 0.6) is 0 Å². The summed E-state index contributed by atoms with van der Waals surface area (Å²) >= 11 is 0. The van der Waals surface area contributed by atoms with Crippen molar-refractivity contribution in [1.29, 1.82) is 0 Å². The first-order chi connectivity index (χ1) is 7.89. The molecule has 1 fully saturated rings. The Morgan fingerprint density at radius 2 is 1.53 bits per heavy atom. The third-order valence-corrected chi connectivity index (χ3v) is 4.75. The maximum Gasteiger partial charge on any atom is -0.0262 e. The average Bonchev–Trinajstić information content (AvgIpc) is 2.14. The highest BCUT2D eigenvalue weighted by Gasteiger charge is 2.42. The van der Waals surface area contributed by atoms with Gasteiger partial charge in [0.2, 0.25) is 0 Å². The molecule has 0 aromatic rings. The highest BCUT2D eigenvalue weighted by atomic mass is 14.5. The Labute approximate surface area is 110 Å². The molecule has 0 aliphatic heterocycles. The van der Waals surface area contributed by atoms with Crippen molar-refractivity contribution in [2.75, 3.05) is 0 Å². The second-order valence-corrected chi connectivity index (χ2v) is 7.55. The first-order valence-electron chi connectivity index (χ1n) is 7.89. The Morgan fingerprint density at radius 1 is 1.00 bits per heavy atom. The monoisotopic (exact) mass is 238 g/mol. The van der Waals surface area contributed by atoms with Crippen LogP contribution in [0.25, 0.3) is 0 Å². The Morgan fingerprint density at radius 3 is 1.94 bits per heavy atom. The standard InChI is InChI=1S/C17H34/c1-7-16-9-8-15(6)12-17(16,10-13(2)3)11-14(4)5/h13-16H,7-12H2,1-6H3. The molecule has 0 amide bonds. The van der Waals surface area contributed by atoms with Crippen LogP contribution in [0.4, 0.5) is 0 Å². The highest BCUT2D eigenvalue weighted by molar-refractivity contribution is 4.92. The predicted molar refractivity (Wildman–Crippen MR) is 78.1 cm³/mol. The van der Waals surface area contributed by atoms with Crippen LogP contribution in [0, 0.1) is 29.1 Å². The van der Waals surface area contributed by atoms with Gasteiger partial charge in [0.05, 0.1) is 0 Å². The molecule has 0 heterocycles. The first kappa shape index (κ1) is 15.1. The van der Waals surface area contributed by atoms with Crippen molar-refractivity contribution in [3.05, 3.63) is 0 Å². The van der Waals surface area contributed by atoms with Crippen LogP contribution < -0.4 is 0 Å². The van der Waals surface area contributed by atoms with Gasteiger partial charge in [-0.3, -0.25) is 0 Å². The molecule has 0 aromatic heterocycles. The van der Waals surface area contributed by atoms with Crippen LogP contribution in [0.15, 0.2) is 0 Å². The van der Waals surface area contributed by atoms with Crippen molar-refractivity contribution < 1.29 is 0 Å².